The second kappa shape index (κ2) is 8.76. The molecule has 0 radical (unpaired) electrons. The van der Waals surface area contributed by atoms with Crippen molar-refractivity contribution in [3.8, 4) is 5.88 Å². The monoisotopic (exact) mass is 296 g/mol. The number of methoxy groups -OCH3 is 2. The molecule has 7 nitrogen and oxygen atoms in total. The summed E-state index contributed by atoms with van der Waals surface area (Å²) in [4.78, 5) is 11.0. The molecule has 0 saturated carbocycles. The maximum absolute atomic E-state index is 5.34. The maximum Gasteiger partial charge on any atom is 0.218 e. The highest BCUT2D eigenvalue weighted by molar-refractivity contribution is 5.38. The molecule has 1 fully saturated rings. The molecule has 0 aromatic carbocycles. The standard InChI is InChI=1S/C14H24N4O3/c1-19-11-13-16-12(10-14(17-13)20-2)15-4-3-5-18-6-8-21-9-7-18/h10H,3-9,11H2,1-2H3,(H,15,16,17). The van der Waals surface area contributed by atoms with Crippen LogP contribution in [0, 0.1) is 0 Å². The van der Waals surface area contributed by atoms with Crippen LogP contribution < -0.4 is 10.1 Å². The van der Waals surface area contributed by atoms with Crippen molar-refractivity contribution >= 4 is 5.82 Å². The van der Waals surface area contributed by atoms with Crippen molar-refractivity contribution < 1.29 is 14.2 Å². The van der Waals surface area contributed by atoms with E-state index in [4.69, 9.17) is 14.2 Å². The lowest BCUT2D eigenvalue weighted by molar-refractivity contribution is 0.0378. The van der Waals surface area contributed by atoms with Crippen LogP contribution in [0.3, 0.4) is 0 Å². The molecular formula is C14H24N4O3. The molecule has 0 bridgehead atoms. The molecule has 21 heavy (non-hydrogen) atoms. The third-order valence-corrected chi connectivity index (χ3v) is 3.29. The third-order valence-electron chi connectivity index (χ3n) is 3.29. The van der Waals surface area contributed by atoms with Gasteiger partial charge >= 0.3 is 0 Å². The number of nitrogens with zero attached hydrogens (tertiary/aromatic N) is 3. The molecule has 7 heteroatoms. The van der Waals surface area contributed by atoms with E-state index in [0.717, 1.165) is 51.6 Å². The fourth-order valence-corrected chi connectivity index (χ4v) is 2.21. The number of rotatable bonds is 8. The first-order valence-electron chi connectivity index (χ1n) is 7.26. The lowest BCUT2D eigenvalue weighted by Gasteiger charge is -2.26. The SMILES string of the molecule is COCc1nc(NCCCN2CCOCC2)cc(OC)n1. The highest BCUT2D eigenvalue weighted by Crippen LogP contribution is 2.13. The zero-order chi connectivity index (χ0) is 14.9. The molecule has 0 spiro atoms. The summed E-state index contributed by atoms with van der Waals surface area (Å²) >= 11 is 0. The van der Waals surface area contributed by atoms with E-state index in [1.54, 1.807) is 20.3 Å². The van der Waals surface area contributed by atoms with Gasteiger partial charge in [-0.2, -0.15) is 4.98 Å². The van der Waals surface area contributed by atoms with Crippen LogP contribution in [0.25, 0.3) is 0 Å². The Kier molecular flexibility index (Phi) is 6.65. The van der Waals surface area contributed by atoms with E-state index in [2.05, 4.69) is 20.2 Å². The molecule has 1 N–H and O–H groups in total. The van der Waals surface area contributed by atoms with Crippen molar-refractivity contribution in [1.29, 1.82) is 0 Å². The number of anilines is 1. The molecule has 0 unspecified atom stereocenters. The summed E-state index contributed by atoms with van der Waals surface area (Å²) in [5.74, 6) is 1.94. The van der Waals surface area contributed by atoms with Gasteiger partial charge in [0.25, 0.3) is 0 Å². The van der Waals surface area contributed by atoms with Crippen LogP contribution in [0.2, 0.25) is 0 Å². The van der Waals surface area contributed by atoms with Gasteiger partial charge in [0.2, 0.25) is 5.88 Å². The van der Waals surface area contributed by atoms with Crippen molar-refractivity contribution in [3.05, 3.63) is 11.9 Å². The van der Waals surface area contributed by atoms with Crippen LogP contribution in [-0.2, 0) is 16.1 Å². The van der Waals surface area contributed by atoms with E-state index < -0.39 is 0 Å². The van der Waals surface area contributed by atoms with Crippen molar-refractivity contribution in [1.82, 2.24) is 14.9 Å². The number of morpholine rings is 1. The van der Waals surface area contributed by atoms with Crippen LogP contribution in [0.15, 0.2) is 6.07 Å². The number of hydrogen-bond donors (Lipinski definition) is 1. The molecule has 0 aliphatic carbocycles. The fraction of sp³-hybridized carbons (Fsp3) is 0.714. The van der Waals surface area contributed by atoms with Crippen LogP contribution in [-0.4, -0.2) is 68.5 Å². The molecule has 1 aliphatic heterocycles. The summed E-state index contributed by atoms with van der Waals surface area (Å²) in [7, 11) is 3.22. The zero-order valence-electron chi connectivity index (χ0n) is 12.8. The Labute approximate surface area is 125 Å². The average molecular weight is 296 g/mol. The summed E-state index contributed by atoms with van der Waals surface area (Å²) in [6.45, 7) is 6.06. The summed E-state index contributed by atoms with van der Waals surface area (Å²) in [5, 5.41) is 3.31. The van der Waals surface area contributed by atoms with Crippen LogP contribution in [0.4, 0.5) is 5.82 Å². The highest BCUT2D eigenvalue weighted by atomic mass is 16.5. The molecule has 1 aromatic rings. The summed E-state index contributed by atoms with van der Waals surface area (Å²) < 4.78 is 15.6. The van der Waals surface area contributed by atoms with Gasteiger partial charge in [0.05, 0.1) is 20.3 Å². The number of aromatic nitrogens is 2. The lowest BCUT2D eigenvalue weighted by Crippen LogP contribution is -2.37. The largest absolute Gasteiger partial charge is 0.481 e. The van der Waals surface area contributed by atoms with E-state index >= 15 is 0 Å². The van der Waals surface area contributed by atoms with E-state index in [0.29, 0.717) is 18.3 Å². The summed E-state index contributed by atoms with van der Waals surface area (Å²) in [6, 6.07) is 1.80. The Hall–Kier alpha value is -1.44. The Balaban J connectivity index is 1.77. The highest BCUT2D eigenvalue weighted by Gasteiger charge is 2.09. The van der Waals surface area contributed by atoms with Crippen LogP contribution in [0.5, 0.6) is 5.88 Å². The number of nitrogens with one attached hydrogen (secondary N) is 1. The average Bonchev–Trinajstić information content (AvgIpc) is 2.53. The fourth-order valence-electron chi connectivity index (χ4n) is 2.21. The van der Waals surface area contributed by atoms with Crippen molar-refractivity contribution in [2.24, 2.45) is 0 Å². The predicted octanol–water partition coefficient (Wildman–Crippen LogP) is 0.766. The van der Waals surface area contributed by atoms with E-state index in [1.807, 2.05) is 0 Å². The molecule has 0 atom stereocenters. The van der Waals surface area contributed by atoms with Gasteiger partial charge < -0.3 is 19.5 Å². The predicted molar refractivity (Wildman–Crippen MR) is 79.7 cm³/mol. The van der Waals surface area contributed by atoms with Gasteiger partial charge in [-0.15, -0.1) is 0 Å². The van der Waals surface area contributed by atoms with Crippen molar-refractivity contribution in [2.75, 3.05) is 58.9 Å². The summed E-state index contributed by atoms with van der Waals surface area (Å²) in [6.07, 6.45) is 1.06. The first kappa shape index (κ1) is 15.9. The molecule has 118 valence electrons. The van der Waals surface area contributed by atoms with Crippen LogP contribution in [0.1, 0.15) is 12.2 Å². The normalized spacial score (nSPS) is 15.9. The van der Waals surface area contributed by atoms with Crippen molar-refractivity contribution in [3.63, 3.8) is 0 Å². The third kappa shape index (κ3) is 5.45. The van der Waals surface area contributed by atoms with Gasteiger partial charge in [-0.1, -0.05) is 0 Å². The number of ether oxygens (including phenoxy) is 3. The van der Waals surface area contributed by atoms with Gasteiger partial charge in [0.15, 0.2) is 5.82 Å². The molecule has 1 aromatic heterocycles. The first-order valence-corrected chi connectivity index (χ1v) is 7.26. The van der Waals surface area contributed by atoms with Gasteiger partial charge in [0.1, 0.15) is 12.4 Å². The molecule has 0 amide bonds. The number of hydrogen-bond acceptors (Lipinski definition) is 7. The minimum absolute atomic E-state index is 0.375. The van der Waals surface area contributed by atoms with E-state index in [-0.39, 0.29) is 0 Å². The Morgan fingerprint density at radius 1 is 1.29 bits per heavy atom. The smallest absolute Gasteiger partial charge is 0.218 e. The van der Waals surface area contributed by atoms with Gasteiger partial charge in [-0.05, 0) is 13.0 Å². The quantitative estimate of drug-likeness (QED) is 0.710. The Morgan fingerprint density at radius 2 is 2.10 bits per heavy atom. The van der Waals surface area contributed by atoms with Gasteiger partial charge in [-0.25, -0.2) is 4.98 Å². The molecule has 2 rings (SSSR count). The van der Waals surface area contributed by atoms with E-state index in [9.17, 15) is 0 Å². The zero-order valence-corrected chi connectivity index (χ0v) is 12.8. The molecule has 2 heterocycles. The lowest BCUT2D eigenvalue weighted by atomic mass is 10.3. The molecule has 1 saturated heterocycles. The topological polar surface area (TPSA) is 68.7 Å². The Morgan fingerprint density at radius 3 is 2.81 bits per heavy atom. The van der Waals surface area contributed by atoms with Crippen molar-refractivity contribution in [2.45, 2.75) is 13.0 Å². The Bertz CT molecular complexity index is 425. The summed E-state index contributed by atoms with van der Waals surface area (Å²) in [5.41, 5.74) is 0. The van der Waals surface area contributed by atoms with Crippen LogP contribution >= 0.6 is 0 Å². The first-order chi connectivity index (χ1) is 10.3. The minimum Gasteiger partial charge on any atom is -0.481 e. The van der Waals surface area contributed by atoms with E-state index in [1.165, 1.54) is 0 Å². The van der Waals surface area contributed by atoms with Gasteiger partial charge in [0, 0.05) is 32.8 Å². The maximum atomic E-state index is 5.34. The minimum atomic E-state index is 0.375. The van der Waals surface area contributed by atoms with Gasteiger partial charge in [-0.3, -0.25) is 4.90 Å². The molecular weight excluding hydrogens is 272 g/mol. The molecule has 1 aliphatic rings. The second-order valence-electron chi connectivity index (χ2n) is 4.88. The second-order valence-corrected chi connectivity index (χ2v) is 4.88.